The van der Waals surface area contributed by atoms with Crippen molar-refractivity contribution in [2.75, 3.05) is 37.2 Å². The number of nitrogens with one attached hydrogen (secondary N) is 9. The molecule has 27 nitrogen and oxygen atoms in total. The van der Waals surface area contributed by atoms with Crippen molar-refractivity contribution in [3.05, 3.63) is 35.9 Å². The topological polar surface area (TPSA) is 452 Å². The van der Waals surface area contributed by atoms with Crippen molar-refractivity contribution in [2.45, 2.75) is 140 Å². The molecule has 1 rings (SSSR count). The standard InChI is InChI=1S/C48H78N12O15S2/c1-8-25(4)37(51)46(72)57-31(20-27-12-10-9-11-13-27)44(70)54-29(16-18-76-6)41(67)56-32(21-35(50)64)40(66)52-22-36(65)59-39(26(5)62)47(73)55-30(17-19-77-7)42(68)58-33(23-61)45(71)53-28(14-15-34(49)63)43(69)60-38(24(2)3)48(74)75/h9-13,24-26,28-33,37-39,61-62H,8,14-23,51H2,1-7H3,(H2,49,63)(H2,50,64)(H,52,66)(H,53,71)(H,54,70)(H,55,73)(H,56,67)(H,57,72)(H,58,68)(H,59,65)(H,60,69)(H,74,75)/t25-,26+,28-,29-,30-,31-,32-,33-,37-,38-,39-/m0/s1. The van der Waals surface area contributed by atoms with Crippen LogP contribution >= 0.6 is 23.5 Å². The maximum Gasteiger partial charge on any atom is 0.326 e. The van der Waals surface area contributed by atoms with Gasteiger partial charge >= 0.3 is 5.97 Å². The van der Waals surface area contributed by atoms with Crippen molar-refractivity contribution < 1.29 is 72.9 Å². The molecule has 0 heterocycles. The van der Waals surface area contributed by atoms with E-state index in [0.717, 1.165) is 6.92 Å². The van der Waals surface area contributed by atoms with Gasteiger partial charge in [-0.15, -0.1) is 0 Å². The van der Waals surface area contributed by atoms with E-state index in [1.807, 2.05) is 6.92 Å². The van der Waals surface area contributed by atoms with Crippen LogP contribution in [-0.2, 0) is 64.0 Å². The van der Waals surface area contributed by atoms with E-state index in [1.165, 1.54) is 37.4 Å². The Hall–Kier alpha value is -6.56. The maximum absolute atomic E-state index is 13.9. The Morgan fingerprint density at radius 1 is 0.571 bits per heavy atom. The van der Waals surface area contributed by atoms with E-state index in [-0.39, 0.29) is 37.4 Å². The lowest BCUT2D eigenvalue weighted by atomic mass is 9.98. The molecule has 77 heavy (non-hydrogen) atoms. The molecule has 0 aliphatic rings. The summed E-state index contributed by atoms with van der Waals surface area (Å²) in [5.74, 6) is -12.2. The molecule has 0 fully saturated rings. The summed E-state index contributed by atoms with van der Waals surface area (Å²) in [6, 6.07) is -4.34. The van der Waals surface area contributed by atoms with Crippen LogP contribution in [0.1, 0.15) is 78.7 Å². The summed E-state index contributed by atoms with van der Waals surface area (Å²) >= 11 is 2.59. The normalized spacial score (nSPS) is 15.4. The van der Waals surface area contributed by atoms with Crippen LogP contribution in [0.25, 0.3) is 0 Å². The Kier molecular flexibility index (Phi) is 31.7. The van der Waals surface area contributed by atoms with E-state index in [9.17, 15) is 72.9 Å². The number of carboxylic acid groups (broad SMARTS) is 1. The monoisotopic (exact) mass is 1130 g/mol. The zero-order valence-electron chi connectivity index (χ0n) is 44.4. The van der Waals surface area contributed by atoms with Gasteiger partial charge in [-0.1, -0.05) is 64.4 Å². The van der Waals surface area contributed by atoms with Crippen molar-refractivity contribution in [3.63, 3.8) is 0 Å². The largest absolute Gasteiger partial charge is 0.480 e. The van der Waals surface area contributed by atoms with Crippen molar-refractivity contribution in [2.24, 2.45) is 29.0 Å². The highest BCUT2D eigenvalue weighted by Gasteiger charge is 2.36. The summed E-state index contributed by atoms with van der Waals surface area (Å²) in [4.78, 5) is 157. The lowest BCUT2D eigenvalue weighted by Gasteiger charge is -2.27. The fourth-order valence-electron chi connectivity index (χ4n) is 7.05. The maximum atomic E-state index is 13.9. The first-order chi connectivity index (χ1) is 36.2. The molecule has 18 N–H and O–H groups in total. The molecule has 11 amide bonds. The van der Waals surface area contributed by atoms with Crippen LogP contribution in [0.4, 0.5) is 0 Å². The van der Waals surface area contributed by atoms with Crippen LogP contribution in [0.5, 0.6) is 0 Å². The zero-order chi connectivity index (χ0) is 58.5. The van der Waals surface area contributed by atoms with E-state index in [2.05, 4.69) is 47.9 Å². The SMILES string of the molecule is CC[C@H](C)[C@H](N)C(=O)N[C@@H](Cc1ccccc1)C(=O)N[C@@H](CCSC)C(=O)N[C@@H](CC(N)=O)C(=O)NCC(=O)N[C@H](C(=O)N[C@@H](CCSC)C(=O)N[C@@H](CO)C(=O)N[C@@H](CCC(N)=O)C(=O)N[C@H](C(=O)O)C(C)C)[C@@H](C)O. The molecule has 0 bridgehead atoms. The number of aliphatic hydroxyl groups excluding tert-OH is 2. The number of aliphatic hydroxyl groups is 2. The number of hydrogen-bond donors (Lipinski definition) is 15. The molecule has 11 atom stereocenters. The molecule has 0 aliphatic carbocycles. The highest BCUT2D eigenvalue weighted by Crippen LogP contribution is 2.11. The number of carbonyl (C=O) groups excluding carboxylic acids is 11. The number of aliphatic carboxylic acids is 1. The summed E-state index contributed by atoms with van der Waals surface area (Å²) < 4.78 is 0. The fourth-order valence-corrected chi connectivity index (χ4v) is 7.99. The first kappa shape index (κ1) is 68.5. The summed E-state index contributed by atoms with van der Waals surface area (Å²) in [7, 11) is 0. The first-order valence-corrected chi connectivity index (χ1v) is 27.5. The van der Waals surface area contributed by atoms with Crippen LogP contribution in [0.2, 0.25) is 0 Å². The van der Waals surface area contributed by atoms with E-state index in [0.29, 0.717) is 17.7 Å². The molecule has 1 aromatic rings. The molecule has 0 radical (unpaired) electrons. The molecule has 0 saturated carbocycles. The molecular formula is C48H78N12O15S2. The minimum atomic E-state index is -1.78. The number of amides is 11. The van der Waals surface area contributed by atoms with Gasteiger partial charge in [-0.3, -0.25) is 52.7 Å². The molecule has 432 valence electrons. The Labute approximate surface area is 455 Å². The average Bonchev–Trinajstić information content (AvgIpc) is 3.37. The smallest absolute Gasteiger partial charge is 0.326 e. The van der Waals surface area contributed by atoms with Crippen molar-refractivity contribution in [3.8, 4) is 0 Å². The highest BCUT2D eigenvalue weighted by molar-refractivity contribution is 7.98. The van der Waals surface area contributed by atoms with Gasteiger partial charge in [0.25, 0.3) is 0 Å². The van der Waals surface area contributed by atoms with Crippen molar-refractivity contribution in [1.29, 1.82) is 0 Å². The number of thioether (sulfide) groups is 2. The Morgan fingerprint density at radius 2 is 1.04 bits per heavy atom. The second-order valence-corrected chi connectivity index (χ2v) is 20.4. The average molecular weight is 1130 g/mol. The number of hydrogen-bond acceptors (Lipinski definition) is 17. The van der Waals surface area contributed by atoms with Gasteiger partial charge in [0.1, 0.15) is 48.3 Å². The van der Waals surface area contributed by atoms with Crippen LogP contribution in [-0.4, -0.2) is 184 Å². The Morgan fingerprint density at radius 3 is 1.51 bits per heavy atom. The van der Waals surface area contributed by atoms with Gasteiger partial charge in [0, 0.05) is 12.8 Å². The summed E-state index contributed by atoms with van der Waals surface area (Å²) in [5, 5.41) is 51.6. The predicted octanol–water partition coefficient (Wildman–Crippen LogP) is -4.64. The molecule has 0 unspecified atom stereocenters. The summed E-state index contributed by atoms with van der Waals surface area (Å²) in [6.07, 6.45) is 0.767. The highest BCUT2D eigenvalue weighted by atomic mass is 32.2. The third kappa shape index (κ3) is 25.4. The predicted molar refractivity (Wildman–Crippen MR) is 286 cm³/mol. The van der Waals surface area contributed by atoms with E-state index in [1.54, 1.807) is 49.8 Å². The van der Waals surface area contributed by atoms with Gasteiger partial charge in [-0.25, -0.2) is 4.79 Å². The van der Waals surface area contributed by atoms with Gasteiger partial charge in [0.15, 0.2) is 0 Å². The van der Waals surface area contributed by atoms with Gasteiger partial charge < -0.3 is 80.4 Å². The number of carboxylic acids is 1. The van der Waals surface area contributed by atoms with Crippen LogP contribution in [0, 0.1) is 11.8 Å². The summed E-state index contributed by atoms with van der Waals surface area (Å²) in [6.45, 7) is 5.86. The fraction of sp³-hybridized carbons (Fsp3) is 0.625. The number of nitrogens with two attached hydrogens (primary N) is 3. The van der Waals surface area contributed by atoms with Crippen molar-refractivity contribution >= 4 is 94.5 Å². The van der Waals surface area contributed by atoms with Crippen LogP contribution in [0.3, 0.4) is 0 Å². The lowest BCUT2D eigenvalue weighted by Crippen LogP contribution is -2.61. The Bertz CT molecular complexity index is 2180. The lowest BCUT2D eigenvalue weighted by molar-refractivity contribution is -0.143. The summed E-state index contributed by atoms with van der Waals surface area (Å²) in [5.41, 5.74) is 17.5. The second kappa shape index (κ2) is 35.7. The van der Waals surface area contributed by atoms with E-state index in [4.69, 9.17) is 17.2 Å². The third-order valence-electron chi connectivity index (χ3n) is 11.9. The molecule has 0 spiro atoms. The van der Waals surface area contributed by atoms with Gasteiger partial charge in [-0.05, 0) is 67.6 Å². The molecule has 0 aromatic heterocycles. The second-order valence-electron chi connectivity index (χ2n) is 18.5. The van der Waals surface area contributed by atoms with Gasteiger partial charge in [0.05, 0.1) is 31.7 Å². The number of primary amides is 2. The quantitative estimate of drug-likeness (QED) is 0.0298. The van der Waals surface area contributed by atoms with E-state index >= 15 is 0 Å². The minimum Gasteiger partial charge on any atom is -0.480 e. The minimum absolute atomic E-state index is 0.0280. The van der Waals surface area contributed by atoms with E-state index < -0.39 is 163 Å². The Balaban J connectivity index is 3.22. The number of carbonyl (C=O) groups is 12. The van der Waals surface area contributed by atoms with Crippen molar-refractivity contribution in [1.82, 2.24) is 47.9 Å². The van der Waals surface area contributed by atoms with Crippen LogP contribution in [0.15, 0.2) is 30.3 Å². The van der Waals surface area contributed by atoms with Crippen LogP contribution < -0.4 is 65.1 Å². The first-order valence-electron chi connectivity index (χ1n) is 24.8. The molecule has 0 saturated heterocycles. The van der Waals surface area contributed by atoms with Gasteiger partial charge in [0.2, 0.25) is 65.0 Å². The number of benzene rings is 1. The molecule has 29 heteroatoms. The molecule has 1 aromatic carbocycles. The number of rotatable bonds is 37. The van der Waals surface area contributed by atoms with Gasteiger partial charge in [-0.2, -0.15) is 23.5 Å². The molecule has 0 aliphatic heterocycles. The molecular weight excluding hydrogens is 1050 g/mol. The zero-order valence-corrected chi connectivity index (χ0v) is 46.0. The third-order valence-corrected chi connectivity index (χ3v) is 13.2.